The summed E-state index contributed by atoms with van der Waals surface area (Å²) in [6.07, 6.45) is 4.76. The van der Waals surface area contributed by atoms with Gasteiger partial charge in [0.2, 0.25) is 0 Å². The number of hydrogen-bond acceptors (Lipinski definition) is 12. The van der Waals surface area contributed by atoms with E-state index in [9.17, 15) is 0 Å². The first-order chi connectivity index (χ1) is 63.3. The van der Waals surface area contributed by atoms with Gasteiger partial charge < -0.3 is 57.8 Å². The van der Waals surface area contributed by atoms with Crippen LogP contribution >= 0.6 is 0 Å². The Morgan fingerprint density at radius 3 is 0.626 bits per heavy atom. The van der Waals surface area contributed by atoms with Crippen molar-refractivity contribution < 1.29 is 28.4 Å². The third-order valence-corrected chi connectivity index (χ3v) is 24.7. The van der Waals surface area contributed by atoms with Crippen LogP contribution in [-0.2, 0) is 6.42 Å². The largest absolute Gasteiger partial charge is 0.453 e. The fourth-order valence-corrected chi connectivity index (χ4v) is 17.3. The molecule has 0 spiro atoms. The second-order valence-corrected chi connectivity index (χ2v) is 35.6. The maximum absolute atomic E-state index is 6.23. The van der Waals surface area contributed by atoms with Crippen LogP contribution in [-0.4, -0.2) is 14.1 Å². The molecule has 0 saturated carbocycles. The Morgan fingerprint density at radius 2 is 0.405 bits per heavy atom. The number of benzene rings is 16. The van der Waals surface area contributed by atoms with Gasteiger partial charge in [0.05, 0.1) is 68.2 Å². The minimum atomic E-state index is 0.582. The Balaban J connectivity index is 0.000000111. The van der Waals surface area contributed by atoms with Crippen LogP contribution in [0.3, 0.4) is 0 Å². The molecule has 16 aromatic rings. The maximum atomic E-state index is 6.23. The molecule has 1 atom stereocenters. The van der Waals surface area contributed by atoms with Crippen LogP contribution in [0, 0.1) is 90.0 Å². The monoisotopic (exact) mass is 1720 g/mol. The lowest BCUT2D eigenvalue weighted by atomic mass is 9.98. The van der Waals surface area contributed by atoms with E-state index in [1.54, 1.807) is 0 Å². The molecule has 0 radical (unpaired) electrons. The van der Waals surface area contributed by atoms with Crippen molar-refractivity contribution in [2.75, 3.05) is 43.5 Å². The summed E-state index contributed by atoms with van der Waals surface area (Å²) < 4.78 is 36.7. The molecule has 12 nitrogen and oxygen atoms in total. The zero-order valence-corrected chi connectivity index (χ0v) is 78.6. The highest BCUT2D eigenvalue weighted by molar-refractivity contribution is 5.91. The van der Waals surface area contributed by atoms with Crippen molar-refractivity contribution in [2.45, 2.75) is 142 Å². The highest BCUT2D eigenvalue weighted by Crippen LogP contribution is 2.57. The molecule has 0 fully saturated rings. The zero-order chi connectivity index (χ0) is 91.4. The van der Waals surface area contributed by atoms with E-state index in [1.165, 1.54) is 102 Å². The molecule has 6 aliphatic heterocycles. The Bertz CT molecular complexity index is 6470. The maximum Gasteiger partial charge on any atom is 0.151 e. The number of aryl methyl sites for hydroxylation is 14. The molecule has 0 N–H and O–H groups in total. The normalized spacial score (nSPS) is 12.7. The third-order valence-electron chi connectivity index (χ3n) is 24.7. The Labute approximate surface area is 774 Å². The van der Waals surface area contributed by atoms with E-state index in [4.69, 9.17) is 28.4 Å². The lowest BCUT2D eigenvalue weighted by molar-refractivity contribution is 0.474. The molecule has 658 valence electrons. The number of unbranched alkanes of at least 4 members (excludes halogenated alkanes) is 1. The van der Waals surface area contributed by atoms with Crippen molar-refractivity contribution in [3.8, 4) is 69.0 Å². The van der Waals surface area contributed by atoms with Gasteiger partial charge in [0, 0.05) is 36.8 Å². The first kappa shape index (κ1) is 88.2. The van der Waals surface area contributed by atoms with Crippen LogP contribution in [0.2, 0.25) is 0 Å². The highest BCUT2D eigenvalue weighted by Gasteiger charge is 2.32. The summed E-state index contributed by atoms with van der Waals surface area (Å²) in [5, 5.41) is 0. The van der Waals surface area contributed by atoms with Gasteiger partial charge in [0.25, 0.3) is 0 Å². The molecular weight excluding hydrogens is 1610 g/mol. The van der Waals surface area contributed by atoms with Crippen LogP contribution in [0.15, 0.2) is 322 Å². The van der Waals surface area contributed by atoms with E-state index < -0.39 is 0 Å². The fourth-order valence-electron chi connectivity index (χ4n) is 17.3. The summed E-state index contributed by atoms with van der Waals surface area (Å²) in [6, 6.07) is 113. The van der Waals surface area contributed by atoms with Gasteiger partial charge in [-0.3, -0.25) is 0 Å². The van der Waals surface area contributed by atoms with Crippen molar-refractivity contribution in [3.63, 3.8) is 0 Å². The first-order valence-corrected chi connectivity index (χ1v) is 45.7. The molecule has 0 amide bonds. The SMILES string of the molecule is CCC(C)c1ccc(N2c3ccc(C)cc3Oc3cc(C)ccc32)cc1.CCCCc1ccc(N2c3ccc(C)cc3Oc3cc(C)ccc32)cc1.Cc1ccc(N2c3ccc(C)cc3Oc3cc(C)ccc32)cc1.Cc1ccc2c(c1)Oc1cc(C)ccc1N2C.Cc1ccc2c(c1)Oc1cc(C)ccc1N2C.Cc1ccc2c(c1)Oc1cc(C)ccc1N2c1ccccc1. The smallest absolute Gasteiger partial charge is 0.151 e. The highest BCUT2D eigenvalue weighted by atomic mass is 16.5. The van der Waals surface area contributed by atoms with E-state index in [0.717, 1.165) is 167 Å². The fraction of sp³-hybridized carbons (Fsp3) is 0.193. The summed E-state index contributed by atoms with van der Waals surface area (Å²) in [4.78, 5) is 13.5. The Kier molecular flexibility index (Phi) is 25.7. The molecule has 0 bridgehead atoms. The molecule has 0 saturated heterocycles. The van der Waals surface area contributed by atoms with Gasteiger partial charge in [0.15, 0.2) is 69.0 Å². The van der Waals surface area contributed by atoms with E-state index in [-0.39, 0.29) is 0 Å². The molecule has 6 heterocycles. The minimum absolute atomic E-state index is 0.582. The van der Waals surface area contributed by atoms with Gasteiger partial charge in [-0.2, -0.15) is 0 Å². The van der Waals surface area contributed by atoms with Crippen molar-refractivity contribution in [1.29, 1.82) is 0 Å². The molecular formula is C119H116N6O6. The summed E-state index contributed by atoms with van der Waals surface area (Å²) >= 11 is 0. The molecule has 1 unspecified atom stereocenters. The average Bonchev–Trinajstić information content (AvgIpc) is 0.760. The summed E-state index contributed by atoms with van der Waals surface area (Å²) in [6.45, 7) is 33.9. The van der Waals surface area contributed by atoms with Crippen LogP contribution < -0.4 is 57.8 Å². The van der Waals surface area contributed by atoms with Gasteiger partial charge in [-0.15, -0.1) is 0 Å². The number of anilines is 16. The van der Waals surface area contributed by atoms with Gasteiger partial charge in [-0.05, 0) is 387 Å². The summed E-state index contributed by atoms with van der Waals surface area (Å²) in [7, 11) is 4.15. The predicted octanol–water partition coefficient (Wildman–Crippen LogP) is 35.0. The summed E-state index contributed by atoms with van der Waals surface area (Å²) in [5.74, 6) is 11.6. The van der Waals surface area contributed by atoms with Crippen LogP contribution in [0.25, 0.3) is 0 Å². The molecule has 16 aromatic carbocycles. The summed E-state index contributed by atoms with van der Waals surface area (Å²) in [5.41, 5.74) is 36.3. The van der Waals surface area contributed by atoms with Crippen LogP contribution in [0.5, 0.6) is 69.0 Å². The Morgan fingerprint density at radius 1 is 0.214 bits per heavy atom. The lowest BCUT2D eigenvalue weighted by Crippen LogP contribution is -2.16. The van der Waals surface area contributed by atoms with E-state index in [2.05, 4.69) is 470 Å². The van der Waals surface area contributed by atoms with Crippen molar-refractivity contribution in [2.24, 2.45) is 0 Å². The predicted molar refractivity (Wildman–Crippen MR) is 546 cm³/mol. The van der Waals surface area contributed by atoms with Gasteiger partial charge in [-0.1, -0.05) is 160 Å². The third kappa shape index (κ3) is 19.2. The first-order valence-electron chi connectivity index (χ1n) is 45.7. The van der Waals surface area contributed by atoms with E-state index in [1.807, 2.05) is 6.07 Å². The van der Waals surface area contributed by atoms with E-state index in [0.29, 0.717) is 5.92 Å². The molecule has 131 heavy (non-hydrogen) atoms. The zero-order valence-electron chi connectivity index (χ0n) is 78.6. The second kappa shape index (κ2) is 38.2. The van der Waals surface area contributed by atoms with Crippen LogP contribution in [0.1, 0.15) is 129 Å². The number of para-hydroxylation sites is 1. The standard InChI is InChI=1S/2C24H25NO.C21H19NO.C20H17NO.2C15H15NO/c1-5-18(4)19-8-10-20(11-9-19)25-21-12-6-16(2)14-23(21)26-24-15-17(3)7-13-22(24)25;1-4-5-6-19-9-11-20(12-10-19)25-21-13-7-17(2)15-23(21)26-24-16-18(3)8-14-22(24)25;1-14-4-8-17(9-5-14)22-18-10-6-15(2)12-20(18)23-21-13-16(3)7-11-19(21)22;1-14-8-10-17-19(12-14)22-20-13-15(2)9-11-18(20)21(17)16-6-4-3-5-7-16;2*1-10-4-6-12-14(8-10)17-15-9-11(2)5-7-13(15)16(12)3/h6-15,18H,5H2,1-4H3;7-16H,4-6H2,1-3H3;4-13H,1-3H3;3-13H,1-2H3;2*4-9H,1-3H3. The van der Waals surface area contributed by atoms with Crippen molar-refractivity contribution in [1.82, 2.24) is 0 Å². The second-order valence-electron chi connectivity index (χ2n) is 35.6. The number of hydrogen-bond donors (Lipinski definition) is 0. The quantitative estimate of drug-likeness (QED) is 0.138. The lowest BCUT2D eigenvalue weighted by Gasteiger charge is -2.33. The number of rotatable bonds is 9. The molecule has 6 aliphatic rings. The number of nitrogens with zero attached hydrogens (tertiary/aromatic N) is 6. The Hall–Kier alpha value is -14.9. The molecule has 0 aliphatic carbocycles. The van der Waals surface area contributed by atoms with Crippen molar-refractivity contribution >= 4 is 91.0 Å². The molecule has 12 heteroatoms. The van der Waals surface area contributed by atoms with Gasteiger partial charge >= 0.3 is 0 Å². The molecule has 22 rings (SSSR count). The topological polar surface area (TPSA) is 74.8 Å². The van der Waals surface area contributed by atoms with E-state index >= 15 is 0 Å². The van der Waals surface area contributed by atoms with Crippen LogP contribution in [0.4, 0.5) is 91.0 Å². The van der Waals surface area contributed by atoms with Crippen molar-refractivity contribution in [3.05, 3.63) is 405 Å². The minimum Gasteiger partial charge on any atom is -0.453 e. The van der Waals surface area contributed by atoms with Gasteiger partial charge in [0.1, 0.15) is 0 Å². The average molecular weight is 1730 g/mol. The van der Waals surface area contributed by atoms with Gasteiger partial charge in [-0.25, -0.2) is 0 Å². The number of ether oxygens (including phenoxy) is 6. The number of fused-ring (bicyclic) bond motifs is 12. The molecule has 0 aromatic heterocycles.